The van der Waals surface area contributed by atoms with Gasteiger partial charge in [0.05, 0.1) is 21.3 Å². The molecule has 0 aliphatic carbocycles. The Balaban J connectivity index is 2.51. The van der Waals surface area contributed by atoms with Gasteiger partial charge < -0.3 is 5.32 Å². The van der Waals surface area contributed by atoms with Gasteiger partial charge in [-0.25, -0.2) is 4.98 Å². The maximum Gasteiger partial charge on any atom is 0.0992 e. The highest BCUT2D eigenvalue weighted by Gasteiger charge is 2.22. The van der Waals surface area contributed by atoms with E-state index in [1.54, 1.807) is 11.3 Å². The lowest BCUT2D eigenvalue weighted by molar-refractivity contribution is 0.585. The molecule has 2 heterocycles. The van der Waals surface area contributed by atoms with E-state index in [9.17, 15) is 0 Å². The molecule has 74 valence electrons. The van der Waals surface area contributed by atoms with E-state index in [0.717, 1.165) is 21.3 Å². The third-order valence-electron chi connectivity index (χ3n) is 2.07. The molecule has 0 unspecified atom stereocenters. The first-order valence-corrected chi connectivity index (χ1v) is 5.44. The molecule has 3 heteroatoms. The standard InChI is InChI=1S/C11H14N2S/c1-7-9-8(5-6-12-7)13-10(14-9)11(2,3)4/h5-6,12H,1H2,2-4H3. The minimum absolute atomic E-state index is 0.121. The summed E-state index contributed by atoms with van der Waals surface area (Å²) in [7, 11) is 0. The largest absolute Gasteiger partial charge is 0.361 e. The Labute approximate surface area is 88.4 Å². The molecule has 14 heavy (non-hydrogen) atoms. The molecule has 1 aromatic heterocycles. The molecule has 0 amide bonds. The predicted molar refractivity (Wildman–Crippen MR) is 62.0 cm³/mol. The Morgan fingerprint density at radius 3 is 2.71 bits per heavy atom. The van der Waals surface area contributed by atoms with Crippen LogP contribution in [0.1, 0.15) is 36.3 Å². The monoisotopic (exact) mass is 206 g/mol. The first-order valence-electron chi connectivity index (χ1n) is 4.62. The molecule has 0 spiro atoms. The molecule has 0 atom stereocenters. The summed E-state index contributed by atoms with van der Waals surface area (Å²) in [6.07, 6.45) is 3.88. The van der Waals surface area contributed by atoms with Crippen molar-refractivity contribution in [1.29, 1.82) is 0 Å². The maximum atomic E-state index is 4.60. The maximum absolute atomic E-state index is 4.60. The van der Waals surface area contributed by atoms with Crippen LogP contribution in [0.25, 0.3) is 11.8 Å². The number of nitrogens with zero attached hydrogens (tertiary/aromatic N) is 1. The van der Waals surface area contributed by atoms with Gasteiger partial charge in [-0.2, -0.15) is 0 Å². The molecule has 0 aromatic carbocycles. The van der Waals surface area contributed by atoms with E-state index in [1.165, 1.54) is 0 Å². The zero-order valence-electron chi connectivity index (χ0n) is 8.72. The fourth-order valence-corrected chi connectivity index (χ4v) is 2.31. The van der Waals surface area contributed by atoms with Crippen LogP contribution in [0.5, 0.6) is 0 Å². The van der Waals surface area contributed by atoms with E-state index < -0.39 is 0 Å². The Kier molecular flexibility index (Phi) is 2.00. The molecular weight excluding hydrogens is 192 g/mol. The lowest BCUT2D eigenvalue weighted by Gasteiger charge is -2.13. The van der Waals surface area contributed by atoms with Crippen LogP contribution in [0.15, 0.2) is 12.8 Å². The van der Waals surface area contributed by atoms with E-state index in [2.05, 4.69) is 37.7 Å². The number of nitrogens with one attached hydrogen (secondary N) is 1. The first kappa shape index (κ1) is 9.46. The Hall–Kier alpha value is -1.09. The van der Waals surface area contributed by atoms with Gasteiger partial charge in [-0.15, -0.1) is 11.3 Å². The number of hydrogen-bond acceptors (Lipinski definition) is 3. The molecule has 0 saturated heterocycles. The van der Waals surface area contributed by atoms with E-state index in [0.29, 0.717) is 0 Å². The normalized spacial score (nSPS) is 15.2. The molecule has 0 fully saturated rings. The fraction of sp³-hybridized carbons (Fsp3) is 0.364. The topological polar surface area (TPSA) is 24.9 Å². The van der Waals surface area contributed by atoms with Gasteiger partial charge in [0, 0.05) is 11.6 Å². The third-order valence-corrected chi connectivity index (χ3v) is 3.62. The Morgan fingerprint density at radius 1 is 1.43 bits per heavy atom. The van der Waals surface area contributed by atoms with Crippen molar-refractivity contribution < 1.29 is 0 Å². The van der Waals surface area contributed by atoms with Gasteiger partial charge in [-0.3, -0.25) is 0 Å². The summed E-state index contributed by atoms with van der Waals surface area (Å²) in [5.74, 6) is 0. The Morgan fingerprint density at radius 2 is 2.14 bits per heavy atom. The highest BCUT2D eigenvalue weighted by atomic mass is 32.1. The first-order chi connectivity index (χ1) is 6.48. The summed E-state index contributed by atoms with van der Waals surface area (Å²) >= 11 is 1.73. The van der Waals surface area contributed by atoms with E-state index >= 15 is 0 Å². The van der Waals surface area contributed by atoms with E-state index in [4.69, 9.17) is 0 Å². The number of rotatable bonds is 0. The van der Waals surface area contributed by atoms with Crippen molar-refractivity contribution in [2.24, 2.45) is 0 Å². The van der Waals surface area contributed by atoms with Crippen molar-refractivity contribution in [1.82, 2.24) is 10.3 Å². The quantitative estimate of drug-likeness (QED) is 0.706. The number of hydrogen-bond donors (Lipinski definition) is 1. The number of fused-ring (bicyclic) bond motifs is 1. The van der Waals surface area contributed by atoms with Crippen LogP contribution in [0.2, 0.25) is 0 Å². The number of aromatic nitrogens is 1. The molecule has 2 rings (SSSR count). The van der Waals surface area contributed by atoms with Gasteiger partial charge in [-0.1, -0.05) is 27.4 Å². The van der Waals surface area contributed by atoms with Crippen LogP contribution >= 0.6 is 11.3 Å². The van der Waals surface area contributed by atoms with Crippen LogP contribution in [0, 0.1) is 0 Å². The van der Waals surface area contributed by atoms with Crippen LogP contribution in [-0.4, -0.2) is 4.98 Å². The second kappa shape index (κ2) is 2.95. The van der Waals surface area contributed by atoms with Crippen molar-refractivity contribution in [3.63, 3.8) is 0 Å². The van der Waals surface area contributed by atoms with Crippen molar-refractivity contribution in [3.05, 3.63) is 28.4 Å². The molecule has 1 aliphatic rings. The minimum Gasteiger partial charge on any atom is -0.361 e. The van der Waals surface area contributed by atoms with E-state index in [-0.39, 0.29) is 5.41 Å². The molecule has 1 aliphatic heterocycles. The summed E-state index contributed by atoms with van der Waals surface area (Å²) < 4.78 is 0. The molecule has 2 nitrogen and oxygen atoms in total. The highest BCUT2D eigenvalue weighted by molar-refractivity contribution is 7.13. The third kappa shape index (κ3) is 1.48. The lowest BCUT2D eigenvalue weighted by atomic mass is 9.98. The fourth-order valence-electron chi connectivity index (χ4n) is 1.27. The summed E-state index contributed by atoms with van der Waals surface area (Å²) in [6.45, 7) is 10.5. The lowest BCUT2D eigenvalue weighted by Crippen LogP contribution is -2.10. The number of thiazole rings is 1. The second-order valence-electron chi connectivity index (χ2n) is 4.44. The van der Waals surface area contributed by atoms with Crippen LogP contribution in [0.3, 0.4) is 0 Å². The molecule has 0 saturated carbocycles. The van der Waals surface area contributed by atoms with E-state index in [1.807, 2.05) is 12.3 Å². The molecule has 0 bridgehead atoms. The van der Waals surface area contributed by atoms with Gasteiger partial charge in [0.2, 0.25) is 0 Å². The smallest absolute Gasteiger partial charge is 0.0992 e. The SMILES string of the molecule is C=C1NC=Cc2nc(C(C)(C)C)sc21. The van der Waals surface area contributed by atoms with Gasteiger partial charge in [0.25, 0.3) is 0 Å². The van der Waals surface area contributed by atoms with Gasteiger partial charge in [0.1, 0.15) is 0 Å². The second-order valence-corrected chi connectivity index (χ2v) is 5.44. The zero-order chi connectivity index (χ0) is 10.3. The minimum atomic E-state index is 0.121. The highest BCUT2D eigenvalue weighted by Crippen LogP contribution is 2.33. The predicted octanol–water partition coefficient (Wildman–Crippen LogP) is 2.99. The Bertz CT molecular complexity index is 407. The van der Waals surface area contributed by atoms with Crippen molar-refractivity contribution >= 4 is 23.1 Å². The average Bonchev–Trinajstić information content (AvgIpc) is 2.48. The molecule has 1 N–H and O–H groups in total. The van der Waals surface area contributed by atoms with Crippen molar-refractivity contribution in [2.75, 3.05) is 0 Å². The van der Waals surface area contributed by atoms with Crippen molar-refractivity contribution in [3.8, 4) is 0 Å². The van der Waals surface area contributed by atoms with Crippen LogP contribution < -0.4 is 5.32 Å². The summed E-state index contributed by atoms with van der Waals surface area (Å²) in [6, 6.07) is 0. The molecular formula is C11H14N2S. The molecule has 1 aromatic rings. The molecule has 0 radical (unpaired) electrons. The van der Waals surface area contributed by atoms with Gasteiger partial charge in [0.15, 0.2) is 0 Å². The van der Waals surface area contributed by atoms with Crippen molar-refractivity contribution in [2.45, 2.75) is 26.2 Å². The summed E-state index contributed by atoms with van der Waals surface area (Å²) in [5, 5.41) is 4.26. The zero-order valence-corrected chi connectivity index (χ0v) is 9.53. The average molecular weight is 206 g/mol. The van der Waals surface area contributed by atoms with Crippen LogP contribution in [0.4, 0.5) is 0 Å². The van der Waals surface area contributed by atoms with Crippen LogP contribution in [-0.2, 0) is 5.41 Å². The van der Waals surface area contributed by atoms with Gasteiger partial charge >= 0.3 is 0 Å². The summed E-state index contributed by atoms with van der Waals surface area (Å²) in [4.78, 5) is 5.77. The van der Waals surface area contributed by atoms with Gasteiger partial charge in [-0.05, 0) is 6.08 Å². The summed E-state index contributed by atoms with van der Waals surface area (Å²) in [5.41, 5.74) is 2.12.